The average molecular weight is 297 g/mol. The van der Waals surface area contributed by atoms with Crippen LogP contribution in [0.15, 0.2) is 18.2 Å². The third-order valence-corrected chi connectivity index (χ3v) is 4.26. The van der Waals surface area contributed by atoms with Crippen molar-refractivity contribution in [2.75, 3.05) is 0 Å². The van der Waals surface area contributed by atoms with E-state index >= 15 is 0 Å². The number of carbonyl (C=O) groups is 1. The molecule has 1 fully saturated rings. The van der Waals surface area contributed by atoms with Crippen LogP contribution in [-0.2, 0) is 11.3 Å². The molecule has 110 valence electrons. The Morgan fingerprint density at radius 1 is 1.30 bits per heavy atom. The molecule has 4 heteroatoms. The van der Waals surface area contributed by atoms with Crippen LogP contribution in [0.25, 0.3) is 0 Å². The topological polar surface area (TPSA) is 46.5 Å². The lowest BCUT2D eigenvalue weighted by Crippen LogP contribution is -2.26. The van der Waals surface area contributed by atoms with E-state index in [4.69, 9.17) is 21.4 Å². The first-order valence-corrected chi connectivity index (χ1v) is 7.46. The van der Waals surface area contributed by atoms with Gasteiger partial charge in [-0.25, -0.2) is 4.79 Å². The highest BCUT2D eigenvalue weighted by molar-refractivity contribution is 6.31. The van der Waals surface area contributed by atoms with E-state index in [1.807, 2.05) is 0 Å². The molecule has 0 aromatic heterocycles. The highest BCUT2D eigenvalue weighted by Gasteiger charge is 2.24. The van der Waals surface area contributed by atoms with E-state index in [2.05, 4.69) is 13.8 Å². The maximum absolute atomic E-state index is 10.9. The Labute approximate surface area is 124 Å². The van der Waals surface area contributed by atoms with Gasteiger partial charge in [0.15, 0.2) is 0 Å². The van der Waals surface area contributed by atoms with E-state index in [-0.39, 0.29) is 11.7 Å². The third kappa shape index (κ3) is 3.97. The largest absolute Gasteiger partial charge is 0.478 e. The van der Waals surface area contributed by atoms with E-state index in [1.54, 1.807) is 12.1 Å². The van der Waals surface area contributed by atoms with Gasteiger partial charge in [0.25, 0.3) is 0 Å². The lowest BCUT2D eigenvalue weighted by atomic mass is 9.82. The zero-order valence-electron chi connectivity index (χ0n) is 11.9. The lowest BCUT2D eigenvalue weighted by molar-refractivity contribution is -0.00913. The number of halogens is 1. The second-order valence-electron chi connectivity index (χ2n) is 5.96. The Bertz CT molecular complexity index is 477. The van der Waals surface area contributed by atoms with Crippen molar-refractivity contribution >= 4 is 17.6 Å². The van der Waals surface area contributed by atoms with Crippen LogP contribution in [0.3, 0.4) is 0 Å². The number of rotatable bonds is 4. The van der Waals surface area contributed by atoms with Crippen LogP contribution in [-0.4, -0.2) is 17.2 Å². The van der Waals surface area contributed by atoms with Gasteiger partial charge in [-0.1, -0.05) is 31.5 Å². The zero-order chi connectivity index (χ0) is 14.7. The predicted octanol–water partition coefficient (Wildman–Crippen LogP) is 4.38. The second kappa shape index (κ2) is 6.59. The lowest BCUT2D eigenvalue weighted by Gasteiger charge is -2.31. The molecule has 0 aliphatic heterocycles. The smallest absolute Gasteiger partial charge is 0.335 e. The summed E-state index contributed by atoms with van der Waals surface area (Å²) in [5.74, 6) is 0.441. The summed E-state index contributed by atoms with van der Waals surface area (Å²) >= 11 is 6.11. The summed E-state index contributed by atoms with van der Waals surface area (Å²) in [4.78, 5) is 10.9. The quantitative estimate of drug-likeness (QED) is 0.897. The molecule has 3 nitrogen and oxygen atoms in total. The number of aromatic carboxylic acids is 1. The molecule has 0 spiro atoms. The Morgan fingerprint density at radius 3 is 2.50 bits per heavy atom. The second-order valence-corrected chi connectivity index (χ2v) is 6.37. The van der Waals surface area contributed by atoms with Crippen LogP contribution in [0.1, 0.15) is 49.0 Å². The zero-order valence-corrected chi connectivity index (χ0v) is 12.7. The van der Waals surface area contributed by atoms with Gasteiger partial charge in [0.1, 0.15) is 0 Å². The number of hydrogen-bond donors (Lipinski definition) is 1. The Kier molecular flexibility index (Phi) is 5.06. The van der Waals surface area contributed by atoms with Crippen molar-refractivity contribution in [3.63, 3.8) is 0 Å². The van der Waals surface area contributed by atoms with Crippen LogP contribution < -0.4 is 0 Å². The average Bonchev–Trinajstić information content (AvgIpc) is 2.36. The number of carboxylic acids is 1. The fourth-order valence-corrected chi connectivity index (χ4v) is 3.25. The molecule has 2 unspecified atom stereocenters. The maximum atomic E-state index is 10.9. The minimum Gasteiger partial charge on any atom is -0.478 e. The standard InChI is InChI=1S/C16H21ClO3/c1-10-5-11(2)7-14(6-10)20-9-13-4-3-12(16(18)19)8-15(13)17/h3-4,8,10-11,14H,5-7,9H2,1-2H3,(H,18,19). The normalized spacial score (nSPS) is 26.4. The highest BCUT2D eigenvalue weighted by Crippen LogP contribution is 2.31. The Hall–Kier alpha value is -1.06. The molecular formula is C16H21ClO3. The van der Waals surface area contributed by atoms with Crippen molar-refractivity contribution in [1.29, 1.82) is 0 Å². The molecule has 1 aliphatic rings. The molecule has 1 aliphatic carbocycles. The molecule has 1 aromatic carbocycles. The molecule has 0 heterocycles. The molecule has 20 heavy (non-hydrogen) atoms. The molecule has 2 atom stereocenters. The maximum Gasteiger partial charge on any atom is 0.335 e. The van der Waals surface area contributed by atoms with Crippen LogP contribution in [0.5, 0.6) is 0 Å². The number of benzene rings is 1. The van der Waals surface area contributed by atoms with Crippen molar-refractivity contribution < 1.29 is 14.6 Å². The minimum absolute atomic E-state index is 0.207. The molecule has 2 rings (SSSR count). The van der Waals surface area contributed by atoms with Crippen molar-refractivity contribution in [2.45, 2.75) is 45.8 Å². The first-order chi connectivity index (χ1) is 9.45. The van der Waals surface area contributed by atoms with Crippen molar-refractivity contribution in [1.82, 2.24) is 0 Å². The fraction of sp³-hybridized carbons (Fsp3) is 0.562. The molecular weight excluding hydrogens is 276 g/mol. The van der Waals surface area contributed by atoms with Gasteiger partial charge in [0, 0.05) is 5.02 Å². The van der Waals surface area contributed by atoms with Gasteiger partial charge in [-0.3, -0.25) is 0 Å². The first kappa shape index (κ1) is 15.3. The predicted molar refractivity (Wildman–Crippen MR) is 79.2 cm³/mol. The monoisotopic (exact) mass is 296 g/mol. The van der Waals surface area contributed by atoms with E-state index in [0.717, 1.165) is 18.4 Å². The van der Waals surface area contributed by atoms with Gasteiger partial charge in [0.05, 0.1) is 18.3 Å². The van der Waals surface area contributed by atoms with E-state index < -0.39 is 5.97 Å². The first-order valence-electron chi connectivity index (χ1n) is 7.09. The summed E-state index contributed by atoms with van der Waals surface area (Å²) in [5.41, 5.74) is 1.06. The summed E-state index contributed by atoms with van der Waals surface area (Å²) in [7, 11) is 0. The van der Waals surface area contributed by atoms with Crippen LogP contribution in [0.4, 0.5) is 0 Å². The van der Waals surface area contributed by atoms with E-state index in [9.17, 15) is 4.79 Å². The van der Waals surface area contributed by atoms with Crippen LogP contribution >= 0.6 is 11.6 Å². The summed E-state index contributed by atoms with van der Waals surface area (Å²) in [5, 5.41) is 9.36. The van der Waals surface area contributed by atoms with Gasteiger partial charge in [-0.05, 0) is 48.8 Å². The Morgan fingerprint density at radius 2 is 1.95 bits per heavy atom. The minimum atomic E-state index is -0.964. The summed E-state index contributed by atoms with van der Waals surface area (Å²) in [6, 6.07) is 4.79. The van der Waals surface area contributed by atoms with Crippen LogP contribution in [0.2, 0.25) is 5.02 Å². The van der Waals surface area contributed by atoms with Crippen molar-refractivity contribution in [2.24, 2.45) is 11.8 Å². The van der Waals surface area contributed by atoms with Gasteiger partial charge in [0.2, 0.25) is 0 Å². The van der Waals surface area contributed by atoms with Gasteiger partial charge in [-0.2, -0.15) is 0 Å². The van der Waals surface area contributed by atoms with Gasteiger partial charge in [-0.15, -0.1) is 0 Å². The summed E-state index contributed by atoms with van der Waals surface area (Å²) in [6.07, 6.45) is 3.74. The van der Waals surface area contributed by atoms with E-state index in [1.165, 1.54) is 12.5 Å². The summed E-state index contributed by atoms with van der Waals surface area (Å²) in [6.45, 7) is 4.98. The fourth-order valence-electron chi connectivity index (χ4n) is 3.01. The molecule has 0 radical (unpaired) electrons. The third-order valence-electron chi connectivity index (χ3n) is 3.91. The molecule has 1 saturated carbocycles. The summed E-state index contributed by atoms with van der Waals surface area (Å²) < 4.78 is 5.96. The van der Waals surface area contributed by atoms with Crippen molar-refractivity contribution in [3.05, 3.63) is 34.3 Å². The number of hydrogen-bond acceptors (Lipinski definition) is 2. The highest BCUT2D eigenvalue weighted by atomic mass is 35.5. The Balaban J connectivity index is 1.95. The molecule has 0 saturated heterocycles. The molecule has 0 amide bonds. The van der Waals surface area contributed by atoms with Gasteiger partial charge < -0.3 is 9.84 Å². The van der Waals surface area contributed by atoms with Gasteiger partial charge >= 0.3 is 5.97 Å². The number of carboxylic acid groups (broad SMARTS) is 1. The molecule has 1 aromatic rings. The molecule has 0 bridgehead atoms. The van der Waals surface area contributed by atoms with Crippen molar-refractivity contribution in [3.8, 4) is 0 Å². The van der Waals surface area contributed by atoms with E-state index in [0.29, 0.717) is 23.5 Å². The number of ether oxygens (including phenoxy) is 1. The molecule has 1 N–H and O–H groups in total. The SMILES string of the molecule is CC1CC(C)CC(OCc2ccc(C(=O)O)cc2Cl)C1. The van der Waals surface area contributed by atoms with Crippen LogP contribution in [0, 0.1) is 11.8 Å².